The molecule has 0 aliphatic heterocycles. The van der Waals surface area contributed by atoms with Gasteiger partial charge in [-0.2, -0.15) is 15.0 Å². The zero-order valence-electron chi connectivity index (χ0n) is 17.1. The number of rotatable bonds is 18. The zero-order chi connectivity index (χ0) is 19.6. The highest BCUT2D eigenvalue weighted by molar-refractivity contribution is 6.31. The molecule has 1 aromatic heterocycles. The van der Waals surface area contributed by atoms with Gasteiger partial charge in [-0.25, -0.2) is 0 Å². The maximum absolute atomic E-state index is 5.74. The van der Waals surface area contributed by atoms with Gasteiger partial charge in [0.15, 0.2) is 0 Å². The average molecular weight is 417 g/mol. The minimum atomic E-state index is 0.129. The Balaban J connectivity index is 1.78. The fourth-order valence-corrected chi connectivity index (χ4v) is 3.64. The third-order valence-corrected chi connectivity index (χ3v) is 5.23. The number of nitrogens with one attached hydrogen (secondary N) is 1. The van der Waals surface area contributed by atoms with E-state index in [2.05, 4.69) is 27.2 Å². The number of halogens is 2. The molecule has 6 heteroatoms. The highest BCUT2D eigenvalue weighted by Crippen LogP contribution is 2.14. The third kappa shape index (κ3) is 15.0. The molecule has 1 rings (SSSR count). The molecule has 0 saturated carbocycles. The first-order valence-corrected chi connectivity index (χ1v) is 11.8. The molecule has 0 aliphatic rings. The van der Waals surface area contributed by atoms with Crippen LogP contribution in [0.1, 0.15) is 110 Å². The second kappa shape index (κ2) is 17.5. The minimum Gasteiger partial charge on any atom is -0.354 e. The van der Waals surface area contributed by atoms with Crippen LogP contribution in [-0.2, 0) is 0 Å². The highest BCUT2D eigenvalue weighted by atomic mass is 35.5. The number of hydrogen-bond donors (Lipinski definition) is 1. The predicted molar refractivity (Wildman–Crippen MR) is 118 cm³/mol. The van der Waals surface area contributed by atoms with E-state index in [4.69, 9.17) is 23.2 Å². The second-order valence-electron chi connectivity index (χ2n) is 7.43. The molecule has 1 N–H and O–H groups in total. The molecule has 156 valence electrons. The van der Waals surface area contributed by atoms with E-state index in [0.717, 1.165) is 13.0 Å². The van der Waals surface area contributed by atoms with E-state index < -0.39 is 0 Å². The Morgan fingerprint density at radius 3 is 1.33 bits per heavy atom. The lowest BCUT2D eigenvalue weighted by Crippen LogP contribution is -2.06. The number of aromatic nitrogens is 3. The molecule has 0 amide bonds. The van der Waals surface area contributed by atoms with Crippen LogP contribution in [0.15, 0.2) is 0 Å². The van der Waals surface area contributed by atoms with E-state index >= 15 is 0 Å². The van der Waals surface area contributed by atoms with Crippen LogP contribution < -0.4 is 5.32 Å². The van der Waals surface area contributed by atoms with Crippen LogP contribution in [0.5, 0.6) is 0 Å². The lowest BCUT2D eigenvalue weighted by atomic mass is 10.0. The molecule has 0 radical (unpaired) electrons. The summed E-state index contributed by atoms with van der Waals surface area (Å²) in [4.78, 5) is 11.7. The van der Waals surface area contributed by atoms with E-state index in [1.54, 1.807) is 0 Å². The minimum absolute atomic E-state index is 0.129. The van der Waals surface area contributed by atoms with Crippen molar-refractivity contribution in [3.63, 3.8) is 0 Å². The summed E-state index contributed by atoms with van der Waals surface area (Å²) in [7, 11) is 0. The van der Waals surface area contributed by atoms with E-state index in [1.807, 2.05) is 0 Å². The summed E-state index contributed by atoms with van der Waals surface area (Å²) < 4.78 is 0. The standard InChI is InChI=1S/C21H38Cl2N4/c1-2-3-4-5-6-7-8-9-10-11-12-13-14-15-16-17-18-24-21-26-19(22)25-20(23)27-21/h2-18H2,1H3,(H,24,25,26,27). The van der Waals surface area contributed by atoms with Gasteiger partial charge in [0.25, 0.3) is 0 Å². The van der Waals surface area contributed by atoms with Crippen LogP contribution in [0.25, 0.3) is 0 Å². The molecule has 0 aromatic carbocycles. The number of nitrogens with zero attached hydrogens (tertiary/aromatic N) is 3. The van der Waals surface area contributed by atoms with Gasteiger partial charge in [0.05, 0.1) is 0 Å². The van der Waals surface area contributed by atoms with Crippen LogP contribution in [0.2, 0.25) is 10.6 Å². The van der Waals surface area contributed by atoms with Crippen molar-refractivity contribution >= 4 is 29.2 Å². The molecule has 0 bridgehead atoms. The fourth-order valence-electron chi connectivity index (χ4n) is 3.28. The van der Waals surface area contributed by atoms with Gasteiger partial charge in [-0.15, -0.1) is 0 Å². The Bertz CT molecular complexity index is 451. The predicted octanol–water partition coefficient (Wildman–Crippen LogP) is 7.85. The van der Waals surface area contributed by atoms with Crippen molar-refractivity contribution in [2.45, 2.75) is 110 Å². The molecular weight excluding hydrogens is 379 g/mol. The second-order valence-corrected chi connectivity index (χ2v) is 8.10. The maximum atomic E-state index is 5.74. The topological polar surface area (TPSA) is 50.7 Å². The fraction of sp³-hybridized carbons (Fsp3) is 0.857. The Morgan fingerprint density at radius 1 is 0.556 bits per heavy atom. The average Bonchev–Trinajstić information content (AvgIpc) is 2.63. The maximum Gasteiger partial charge on any atom is 0.228 e. The summed E-state index contributed by atoms with van der Waals surface area (Å²) in [5.74, 6) is 0.459. The van der Waals surface area contributed by atoms with Gasteiger partial charge in [0.2, 0.25) is 16.5 Å². The first-order chi connectivity index (χ1) is 13.2. The molecule has 1 aromatic rings. The van der Waals surface area contributed by atoms with Gasteiger partial charge in [0.1, 0.15) is 0 Å². The number of hydrogen-bond acceptors (Lipinski definition) is 4. The number of unbranched alkanes of at least 4 members (excludes halogenated alkanes) is 15. The summed E-state index contributed by atoms with van der Waals surface area (Å²) in [6.07, 6.45) is 22.0. The quantitative estimate of drug-likeness (QED) is 0.247. The lowest BCUT2D eigenvalue weighted by molar-refractivity contribution is 0.530. The summed E-state index contributed by atoms with van der Waals surface area (Å²) >= 11 is 11.5. The monoisotopic (exact) mass is 416 g/mol. The molecule has 1 heterocycles. The van der Waals surface area contributed by atoms with E-state index in [9.17, 15) is 0 Å². The van der Waals surface area contributed by atoms with Crippen LogP contribution in [-0.4, -0.2) is 21.5 Å². The molecule has 4 nitrogen and oxygen atoms in total. The Morgan fingerprint density at radius 2 is 0.926 bits per heavy atom. The first-order valence-electron chi connectivity index (χ1n) is 11.0. The van der Waals surface area contributed by atoms with Crippen molar-refractivity contribution in [1.82, 2.24) is 15.0 Å². The summed E-state index contributed by atoms with van der Waals surface area (Å²) in [6, 6.07) is 0. The van der Waals surface area contributed by atoms with Gasteiger partial charge in [-0.05, 0) is 29.6 Å². The highest BCUT2D eigenvalue weighted by Gasteiger charge is 2.02. The van der Waals surface area contributed by atoms with Crippen molar-refractivity contribution in [3.05, 3.63) is 10.6 Å². The Hall–Kier alpha value is -0.610. The van der Waals surface area contributed by atoms with Crippen LogP contribution in [0, 0.1) is 0 Å². The van der Waals surface area contributed by atoms with Gasteiger partial charge in [-0.3, -0.25) is 0 Å². The van der Waals surface area contributed by atoms with Gasteiger partial charge >= 0.3 is 0 Å². The van der Waals surface area contributed by atoms with Gasteiger partial charge in [0, 0.05) is 6.54 Å². The Labute approximate surface area is 176 Å². The van der Waals surface area contributed by atoms with Crippen molar-refractivity contribution in [2.24, 2.45) is 0 Å². The molecular formula is C21H38Cl2N4. The van der Waals surface area contributed by atoms with E-state index in [1.165, 1.54) is 96.3 Å². The van der Waals surface area contributed by atoms with Crippen molar-refractivity contribution in [2.75, 3.05) is 11.9 Å². The summed E-state index contributed by atoms with van der Waals surface area (Å²) in [5.41, 5.74) is 0. The SMILES string of the molecule is CCCCCCCCCCCCCCCCCCNc1nc(Cl)nc(Cl)n1. The largest absolute Gasteiger partial charge is 0.354 e. The smallest absolute Gasteiger partial charge is 0.228 e. The normalized spacial score (nSPS) is 11.1. The third-order valence-electron chi connectivity index (χ3n) is 4.89. The Kier molecular flexibility index (Phi) is 15.8. The van der Waals surface area contributed by atoms with Gasteiger partial charge < -0.3 is 5.32 Å². The van der Waals surface area contributed by atoms with Crippen molar-refractivity contribution < 1.29 is 0 Å². The van der Waals surface area contributed by atoms with E-state index in [-0.39, 0.29) is 10.6 Å². The summed E-state index contributed by atoms with van der Waals surface area (Å²) in [5, 5.41) is 3.40. The molecule has 0 unspecified atom stereocenters. The summed E-state index contributed by atoms with van der Waals surface area (Å²) in [6.45, 7) is 3.12. The van der Waals surface area contributed by atoms with Crippen molar-refractivity contribution in [1.29, 1.82) is 0 Å². The molecule has 27 heavy (non-hydrogen) atoms. The lowest BCUT2D eigenvalue weighted by Gasteiger charge is -2.05. The molecule has 0 fully saturated rings. The van der Waals surface area contributed by atoms with Crippen molar-refractivity contribution in [3.8, 4) is 0 Å². The molecule has 0 aliphatic carbocycles. The van der Waals surface area contributed by atoms with E-state index in [0.29, 0.717) is 5.95 Å². The number of anilines is 1. The molecule has 0 spiro atoms. The van der Waals surface area contributed by atoms with Crippen LogP contribution in [0.4, 0.5) is 5.95 Å². The first kappa shape index (κ1) is 24.4. The molecule has 0 saturated heterocycles. The zero-order valence-corrected chi connectivity index (χ0v) is 18.6. The molecule has 0 atom stereocenters. The van der Waals surface area contributed by atoms with Crippen LogP contribution >= 0.6 is 23.2 Å². The van der Waals surface area contributed by atoms with Gasteiger partial charge in [-0.1, -0.05) is 103 Å². The van der Waals surface area contributed by atoms with Crippen LogP contribution in [0.3, 0.4) is 0 Å².